The molecule has 11 nitrogen and oxygen atoms in total. The van der Waals surface area contributed by atoms with Crippen molar-refractivity contribution in [3.8, 4) is 22.6 Å². The number of urea groups is 1. The molecule has 6 aromatic rings. The molecule has 0 aliphatic rings. The summed E-state index contributed by atoms with van der Waals surface area (Å²) < 4.78 is 8.88. The fourth-order valence-electron chi connectivity index (χ4n) is 4.85. The van der Waals surface area contributed by atoms with Crippen molar-refractivity contribution in [3.05, 3.63) is 96.1 Å². The number of carbonyl (C=O) groups is 2. The lowest BCUT2D eigenvalue weighted by Crippen LogP contribution is -2.28. The van der Waals surface area contributed by atoms with Crippen LogP contribution in [0.5, 0.6) is 11.5 Å². The van der Waals surface area contributed by atoms with Crippen LogP contribution in [0.3, 0.4) is 0 Å². The van der Waals surface area contributed by atoms with Crippen LogP contribution in [0.25, 0.3) is 26.3 Å². The molecule has 0 atom stereocenters. The second-order valence-electron chi connectivity index (χ2n) is 11.6. The van der Waals surface area contributed by atoms with Gasteiger partial charge in [-0.15, -0.1) is 0 Å². The predicted octanol–water partition coefficient (Wildman–Crippen LogP) is 6.31. The van der Waals surface area contributed by atoms with Gasteiger partial charge in [-0.25, -0.2) is 15.2 Å². The normalized spacial score (nSPS) is 11.6. The molecule has 0 saturated heterocycles. The Morgan fingerprint density at radius 1 is 0.978 bits per heavy atom. The van der Waals surface area contributed by atoms with E-state index in [1.165, 1.54) is 21.7 Å². The maximum atomic E-state index is 12.8. The number of hydrogen-bond donors (Lipinski definition) is 4. The summed E-state index contributed by atoms with van der Waals surface area (Å²) in [5.41, 5.74) is 8.42. The topological polar surface area (TPSA) is 135 Å². The lowest BCUT2D eigenvalue weighted by atomic mass is 9.87. The molecule has 0 unspecified atom stereocenters. The predicted molar refractivity (Wildman–Crippen MR) is 176 cm³/mol. The van der Waals surface area contributed by atoms with E-state index >= 15 is 0 Å². The number of nitrogens with one attached hydrogen (secondary N) is 3. The largest absolute Gasteiger partial charge is 0.457 e. The Kier molecular flexibility index (Phi) is 8.00. The zero-order valence-corrected chi connectivity index (χ0v) is 26.1. The third-order valence-electron chi connectivity index (χ3n) is 7.05. The summed E-state index contributed by atoms with van der Waals surface area (Å²) in [5.74, 6) is 0.921. The number of aliphatic hydroxyl groups excluding tert-OH is 1. The fourth-order valence-corrected chi connectivity index (χ4v) is 5.89. The average molecular weight is 624 g/mol. The van der Waals surface area contributed by atoms with Crippen LogP contribution >= 0.6 is 11.3 Å². The minimum atomic E-state index is -0.427. The molecular formula is C33H33N7O4S. The third kappa shape index (κ3) is 6.52. The zero-order chi connectivity index (χ0) is 31.7. The Morgan fingerprint density at radius 3 is 2.42 bits per heavy atom. The van der Waals surface area contributed by atoms with Crippen molar-refractivity contribution in [1.82, 2.24) is 24.6 Å². The highest BCUT2D eigenvalue weighted by Gasteiger charge is 2.24. The van der Waals surface area contributed by atoms with Crippen LogP contribution in [0.4, 0.5) is 10.5 Å². The number of anilines is 1. The second-order valence-corrected chi connectivity index (χ2v) is 12.6. The number of ether oxygens (including phenoxy) is 1. The molecular weight excluding hydrogens is 590 g/mol. The first-order chi connectivity index (χ1) is 21.6. The molecule has 0 aliphatic carbocycles. The number of aryl methyl sites for hydroxylation is 1. The van der Waals surface area contributed by atoms with E-state index in [1.54, 1.807) is 30.5 Å². The van der Waals surface area contributed by atoms with Crippen molar-refractivity contribution < 1.29 is 19.4 Å². The van der Waals surface area contributed by atoms with Gasteiger partial charge in [0.25, 0.3) is 5.91 Å². The standard InChI is InChI=1S/C33H33N7O4S/c1-20-5-7-21(8-6-20)25-18-40(37-29(25)33(2,3)4)38-31(43)35-22-9-11-23(12-10-22)44-24-13-14-27-28(17-24)45-32-36-26(19-39(27)32)30(42)34-15-16-41/h5-14,17-19,41H,15-16H2,1-4H3,(H,34,42)(H2,35,38,43). The molecule has 230 valence electrons. The molecule has 3 amide bonds. The molecule has 6 rings (SSSR count). The summed E-state index contributed by atoms with van der Waals surface area (Å²) in [7, 11) is 0. The van der Waals surface area contributed by atoms with Crippen molar-refractivity contribution in [2.45, 2.75) is 33.1 Å². The van der Waals surface area contributed by atoms with Crippen LogP contribution in [0.2, 0.25) is 0 Å². The Hall–Kier alpha value is -5.20. The highest BCUT2D eigenvalue weighted by Crippen LogP contribution is 2.33. The van der Waals surface area contributed by atoms with E-state index in [4.69, 9.17) is 9.84 Å². The van der Waals surface area contributed by atoms with Gasteiger partial charge in [0.15, 0.2) is 4.96 Å². The number of aromatic nitrogens is 4. The summed E-state index contributed by atoms with van der Waals surface area (Å²) in [6.07, 6.45) is 3.51. The smallest absolute Gasteiger partial charge is 0.339 e. The first-order valence-electron chi connectivity index (χ1n) is 14.4. The minimum Gasteiger partial charge on any atom is -0.457 e. The Bertz CT molecular complexity index is 2000. The quantitative estimate of drug-likeness (QED) is 0.157. The van der Waals surface area contributed by atoms with Crippen LogP contribution in [-0.4, -0.2) is 49.5 Å². The van der Waals surface area contributed by atoms with E-state index in [0.717, 1.165) is 27.0 Å². The molecule has 45 heavy (non-hydrogen) atoms. The van der Waals surface area contributed by atoms with Crippen molar-refractivity contribution in [2.24, 2.45) is 0 Å². The molecule has 3 aromatic carbocycles. The summed E-state index contributed by atoms with van der Waals surface area (Å²) in [6, 6.07) is 20.6. The van der Waals surface area contributed by atoms with Gasteiger partial charge in [0.2, 0.25) is 0 Å². The molecule has 12 heteroatoms. The SMILES string of the molecule is Cc1ccc(-c2cn(NC(=O)Nc3ccc(Oc4ccc5c(c4)sc4nc(C(=O)NCCO)cn45)cc3)nc2C(C)(C)C)cc1. The zero-order valence-electron chi connectivity index (χ0n) is 25.3. The first-order valence-corrected chi connectivity index (χ1v) is 15.2. The maximum absolute atomic E-state index is 12.8. The van der Waals surface area contributed by atoms with E-state index in [-0.39, 0.29) is 24.5 Å². The fraction of sp³-hybridized carbons (Fsp3) is 0.212. The minimum absolute atomic E-state index is 0.130. The molecule has 3 aromatic heterocycles. The Balaban J connectivity index is 1.10. The molecule has 0 aliphatic heterocycles. The monoisotopic (exact) mass is 623 g/mol. The molecule has 4 N–H and O–H groups in total. The third-order valence-corrected chi connectivity index (χ3v) is 8.06. The van der Waals surface area contributed by atoms with Gasteiger partial charge in [0.05, 0.1) is 28.7 Å². The number of imidazole rings is 1. The number of carbonyl (C=O) groups excluding carboxylic acids is 2. The second kappa shape index (κ2) is 12.1. The van der Waals surface area contributed by atoms with E-state index in [1.807, 2.05) is 35.7 Å². The number of fused-ring (bicyclic) bond motifs is 3. The number of amides is 3. The van der Waals surface area contributed by atoms with E-state index in [0.29, 0.717) is 27.8 Å². The number of nitrogens with zero attached hydrogens (tertiary/aromatic N) is 4. The number of rotatable bonds is 8. The van der Waals surface area contributed by atoms with Gasteiger partial charge >= 0.3 is 6.03 Å². The van der Waals surface area contributed by atoms with E-state index < -0.39 is 6.03 Å². The van der Waals surface area contributed by atoms with E-state index in [2.05, 4.69) is 71.2 Å². The maximum Gasteiger partial charge on any atom is 0.339 e. The number of benzene rings is 3. The number of hydrogen-bond acceptors (Lipinski definition) is 7. The van der Waals surface area contributed by atoms with Gasteiger partial charge < -0.3 is 20.5 Å². The summed E-state index contributed by atoms with van der Waals surface area (Å²) in [6.45, 7) is 8.38. The lowest BCUT2D eigenvalue weighted by molar-refractivity contribution is 0.0940. The van der Waals surface area contributed by atoms with Crippen molar-refractivity contribution in [1.29, 1.82) is 0 Å². The number of thiazole rings is 1. The van der Waals surface area contributed by atoms with Crippen LogP contribution in [0, 0.1) is 6.92 Å². The van der Waals surface area contributed by atoms with Crippen LogP contribution in [-0.2, 0) is 5.41 Å². The van der Waals surface area contributed by atoms with Gasteiger partial charge in [-0.3, -0.25) is 9.20 Å². The molecule has 3 heterocycles. The summed E-state index contributed by atoms with van der Waals surface area (Å²) >= 11 is 1.44. The molecule has 0 fully saturated rings. The van der Waals surface area contributed by atoms with Gasteiger partial charge in [0.1, 0.15) is 17.2 Å². The van der Waals surface area contributed by atoms with Gasteiger partial charge in [-0.05, 0) is 48.9 Å². The highest BCUT2D eigenvalue weighted by atomic mass is 32.1. The van der Waals surface area contributed by atoms with Crippen LogP contribution in [0.1, 0.15) is 42.5 Å². The Morgan fingerprint density at radius 2 is 1.71 bits per heavy atom. The molecule has 0 spiro atoms. The van der Waals surface area contributed by atoms with E-state index in [9.17, 15) is 9.59 Å². The first kappa shape index (κ1) is 29.9. The Labute approximate surface area is 263 Å². The number of aliphatic hydroxyl groups is 1. The van der Waals surface area contributed by atoms with Crippen LogP contribution in [0.15, 0.2) is 79.1 Å². The lowest BCUT2D eigenvalue weighted by Gasteiger charge is -2.17. The highest BCUT2D eigenvalue weighted by molar-refractivity contribution is 7.23. The van der Waals surface area contributed by atoms with Gasteiger partial charge in [-0.1, -0.05) is 61.9 Å². The van der Waals surface area contributed by atoms with Gasteiger partial charge in [0, 0.05) is 35.5 Å². The molecule has 0 saturated carbocycles. The van der Waals surface area contributed by atoms with Crippen molar-refractivity contribution >= 4 is 44.1 Å². The van der Waals surface area contributed by atoms with Crippen LogP contribution < -0.4 is 20.8 Å². The average Bonchev–Trinajstić information content (AvgIpc) is 3.70. The molecule has 0 radical (unpaired) electrons. The molecule has 0 bridgehead atoms. The van der Waals surface area contributed by atoms with Crippen molar-refractivity contribution in [3.63, 3.8) is 0 Å². The van der Waals surface area contributed by atoms with Crippen molar-refractivity contribution in [2.75, 3.05) is 23.9 Å². The summed E-state index contributed by atoms with van der Waals surface area (Å²) in [4.78, 5) is 31.6. The van der Waals surface area contributed by atoms with Gasteiger partial charge in [-0.2, -0.15) is 9.89 Å². The summed E-state index contributed by atoms with van der Waals surface area (Å²) in [5, 5.41) is 19.1.